The van der Waals surface area contributed by atoms with Crippen LogP contribution >= 0.6 is 11.8 Å². The fraction of sp³-hybridized carbons (Fsp3) is 0.278. The maximum absolute atomic E-state index is 11.6. The zero-order chi connectivity index (χ0) is 18.0. The van der Waals surface area contributed by atoms with E-state index in [1.54, 1.807) is 30.0 Å². The van der Waals surface area contributed by atoms with E-state index in [1.165, 1.54) is 11.1 Å². The van der Waals surface area contributed by atoms with E-state index < -0.39 is 10.0 Å². The van der Waals surface area contributed by atoms with Gasteiger partial charge < -0.3 is 4.57 Å². The first-order valence-corrected chi connectivity index (χ1v) is 10.6. The van der Waals surface area contributed by atoms with Crippen LogP contribution in [0.3, 0.4) is 0 Å². The number of imidazole rings is 1. The van der Waals surface area contributed by atoms with Gasteiger partial charge in [-0.2, -0.15) is 0 Å². The van der Waals surface area contributed by atoms with Crippen LogP contribution in [-0.4, -0.2) is 18.0 Å². The molecule has 25 heavy (non-hydrogen) atoms. The molecule has 7 heteroatoms. The van der Waals surface area contributed by atoms with E-state index in [0.717, 1.165) is 29.4 Å². The molecule has 0 aliphatic heterocycles. The van der Waals surface area contributed by atoms with Crippen molar-refractivity contribution in [2.75, 3.05) is 0 Å². The Kier molecular flexibility index (Phi) is 5.17. The predicted molar refractivity (Wildman–Crippen MR) is 102 cm³/mol. The van der Waals surface area contributed by atoms with Crippen LogP contribution in [0.2, 0.25) is 0 Å². The maximum Gasteiger partial charge on any atom is 0.238 e. The molecule has 3 rings (SSSR count). The second-order valence-corrected chi connectivity index (χ2v) is 8.52. The molecule has 0 aliphatic carbocycles. The average Bonchev–Trinajstić information content (AvgIpc) is 2.91. The predicted octanol–water partition coefficient (Wildman–Crippen LogP) is 3.69. The third-order valence-corrected chi connectivity index (χ3v) is 5.91. The van der Waals surface area contributed by atoms with Crippen LogP contribution in [0.5, 0.6) is 0 Å². The van der Waals surface area contributed by atoms with Crippen molar-refractivity contribution < 1.29 is 8.42 Å². The summed E-state index contributed by atoms with van der Waals surface area (Å²) < 4.78 is 25.3. The number of fused-ring (bicyclic) bond motifs is 1. The molecule has 0 spiro atoms. The number of thioether (sulfide) groups is 1. The third kappa shape index (κ3) is 4.05. The molecule has 0 fully saturated rings. The lowest BCUT2D eigenvalue weighted by molar-refractivity contribution is 0.598. The molecule has 0 bridgehead atoms. The number of aromatic nitrogens is 2. The Balaban J connectivity index is 1.95. The van der Waals surface area contributed by atoms with E-state index in [9.17, 15) is 8.42 Å². The van der Waals surface area contributed by atoms with E-state index >= 15 is 0 Å². The standard InChI is InChI=1S/C18H21N3O2S2/c1-3-10-21-17-9-8-15(25(19,22)23)11-16(17)20-18(21)24-12-14-6-4-13(2)5-7-14/h4-9,11H,3,10,12H2,1-2H3,(H2,19,22,23). The van der Waals surface area contributed by atoms with Gasteiger partial charge >= 0.3 is 0 Å². The van der Waals surface area contributed by atoms with Crippen molar-refractivity contribution in [1.82, 2.24) is 9.55 Å². The minimum Gasteiger partial charge on any atom is -0.319 e. The molecule has 5 nitrogen and oxygen atoms in total. The molecule has 1 aromatic heterocycles. The SMILES string of the molecule is CCCn1c(SCc2ccc(C)cc2)nc2cc(S(N)(=O)=O)ccc21. The Morgan fingerprint density at radius 3 is 2.52 bits per heavy atom. The van der Waals surface area contributed by atoms with E-state index in [-0.39, 0.29) is 4.90 Å². The molecule has 2 aromatic carbocycles. The summed E-state index contributed by atoms with van der Waals surface area (Å²) in [6, 6.07) is 13.3. The van der Waals surface area contributed by atoms with Crippen LogP contribution in [0, 0.1) is 6.92 Å². The zero-order valence-electron chi connectivity index (χ0n) is 14.3. The highest BCUT2D eigenvalue weighted by atomic mass is 32.2. The summed E-state index contributed by atoms with van der Waals surface area (Å²) in [7, 11) is -3.73. The van der Waals surface area contributed by atoms with Gasteiger partial charge in [0.15, 0.2) is 5.16 Å². The van der Waals surface area contributed by atoms with Crippen LogP contribution < -0.4 is 5.14 Å². The molecular formula is C18H21N3O2S2. The second kappa shape index (κ2) is 7.19. The van der Waals surface area contributed by atoms with E-state index in [4.69, 9.17) is 5.14 Å². The van der Waals surface area contributed by atoms with E-state index in [1.807, 2.05) is 0 Å². The Morgan fingerprint density at radius 2 is 1.88 bits per heavy atom. The highest BCUT2D eigenvalue weighted by Gasteiger charge is 2.15. The lowest BCUT2D eigenvalue weighted by atomic mass is 10.2. The molecule has 132 valence electrons. The van der Waals surface area contributed by atoms with Gasteiger partial charge in [0.2, 0.25) is 10.0 Å². The summed E-state index contributed by atoms with van der Waals surface area (Å²) in [6.07, 6.45) is 0.973. The largest absolute Gasteiger partial charge is 0.319 e. The van der Waals surface area contributed by atoms with Gasteiger partial charge in [-0.05, 0) is 37.1 Å². The number of hydrogen-bond acceptors (Lipinski definition) is 4. The number of primary sulfonamides is 1. The summed E-state index contributed by atoms with van der Waals surface area (Å²) in [6.45, 7) is 5.01. The Bertz CT molecular complexity index is 993. The molecule has 0 radical (unpaired) electrons. The Morgan fingerprint density at radius 1 is 1.16 bits per heavy atom. The first-order chi connectivity index (χ1) is 11.9. The van der Waals surface area contributed by atoms with Gasteiger partial charge in [0.1, 0.15) is 0 Å². The zero-order valence-corrected chi connectivity index (χ0v) is 15.9. The van der Waals surface area contributed by atoms with Crippen molar-refractivity contribution in [3.8, 4) is 0 Å². The quantitative estimate of drug-likeness (QED) is 0.667. The lowest BCUT2D eigenvalue weighted by Gasteiger charge is -2.07. The summed E-state index contributed by atoms with van der Waals surface area (Å²) in [5, 5.41) is 6.12. The van der Waals surface area contributed by atoms with Gasteiger partial charge in [-0.15, -0.1) is 0 Å². The third-order valence-electron chi connectivity index (χ3n) is 3.95. The van der Waals surface area contributed by atoms with Gasteiger partial charge in [-0.3, -0.25) is 0 Å². The summed E-state index contributed by atoms with van der Waals surface area (Å²) in [4.78, 5) is 4.74. The minimum absolute atomic E-state index is 0.0937. The van der Waals surface area contributed by atoms with Crippen molar-refractivity contribution in [3.05, 3.63) is 53.6 Å². The molecule has 1 heterocycles. The summed E-state index contributed by atoms with van der Waals surface area (Å²) in [5.41, 5.74) is 4.06. The van der Waals surface area contributed by atoms with Crippen molar-refractivity contribution >= 4 is 32.8 Å². The number of rotatable bonds is 6. The van der Waals surface area contributed by atoms with Crippen LogP contribution in [0.1, 0.15) is 24.5 Å². The van der Waals surface area contributed by atoms with Gasteiger partial charge in [0, 0.05) is 12.3 Å². The van der Waals surface area contributed by atoms with Crippen molar-refractivity contribution in [3.63, 3.8) is 0 Å². The minimum atomic E-state index is -3.73. The van der Waals surface area contributed by atoms with Crippen molar-refractivity contribution in [2.24, 2.45) is 5.14 Å². The molecule has 0 atom stereocenters. The number of hydrogen-bond donors (Lipinski definition) is 1. The highest BCUT2D eigenvalue weighted by molar-refractivity contribution is 7.98. The topological polar surface area (TPSA) is 78.0 Å². The Labute approximate surface area is 152 Å². The molecule has 0 saturated heterocycles. The number of aryl methyl sites for hydroxylation is 2. The van der Waals surface area contributed by atoms with Crippen LogP contribution in [-0.2, 0) is 22.3 Å². The monoisotopic (exact) mass is 375 g/mol. The molecule has 0 aliphatic rings. The number of nitrogens with two attached hydrogens (primary N) is 1. The fourth-order valence-corrected chi connectivity index (χ4v) is 4.18. The fourth-order valence-electron chi connectivity index (χ4n) is 2.65. The molecule has 0 amide bonds. The summed E-state index contributed by atoms with van der Waals surface area (Å²) >= 11 is 1.66. The lowest BCUT2D eigenvalue weighted by Crippen LogP contribution is -2.11. The van der Waals surface area contributed by atoms with Crippen LogP contribution in [0.4, 0.5) is 0 Å². The van der Waals surface area contributed by atoms with Crippen molar-refractivity contribution in [1.29, 1.82) is 0 Å². The van der Waals surface area contributed by atoms with Gasteiger partial charge in [0.25, 0.3) is 0 Å². The summed E-state index contributed by atoms with van der Waals surface area (Å²) in [5.74, 6) is 0.815. The number of benzene rings is 2. The van der Waals surface area contributed by atoms with Crippen LogP contribution in [0.15, 0.2) is 52.5 Å². The smallest absolute Gasteiger partial charge is 0.238 e. The normalized spacial score (nSPS) is 12.0. The van der Waals surface area contributed by atoms with Crippen molar-refractivity contribution in [2.45, 2.75) is 42.6 Å². The number of nitrogens with zero attached hydrogens (tertiary/aromatic N) is 2. The van der Waals surface area contributed by atoms with E-state index in [2.05, 4.69) is 47.7 Å². The highest BCUT2D eigenvalue weighted by Crippen LogP contribution is 2.28. The first-order valence-electron chi connectivity index (χ1n) is 8.10. The van der Waals surface area contributed by atoms with Gasteiger partial charge in [-0.25, -0.2) is 18.5 Å². The first kappa shape index (κ1) is 18.0. The Hall–Kier alpha value is -1.83. The molecule has 0 saturated carbocycles. The molecular weight excluding hydrogens is 354 g/mol. The molecule has 0 unspecified atom stereocenters. The van der Waals surface area contributed by atoms with Crippen LogP contribution in [0.25, 0.3) is 11.0 Å². The van der Waals surface area contributed by atoms with Gasteiger partial charge in [-0.1, -0.05) is 48.5 Å². The second-order valence-electron chi connectivity index (χ2n) is 6.02. The van der Waals surface area contributed by atoms with Gasteiger partial charge in [0.05, 0.1) is 15.9 Å². The molecule has 3 aromatic rings. The average molecular weight is 376 g/mol. The van der Waals surface area contributed by atoms with E-state index in [0.29, 0.717) is 5.52 Å². The maximum atomic E-state index is 11.6. The molecule has 2 N–H and O–H groups in total. The number of sulfonamides is 1.